The van der Waals surface area contributed by atoms with Crippen molar-refractivity contribution in [3.8, 4) is 0 Å². The Balaban J connectivity index is 1.88. The molecule has 2 fully saturated rings. The molecular formula is C18H22ClFN2O3. The number of nitrogens with zero attached hydrogens (tertiary/aromatic N) is 1. The molecule has 25 heavy (non-hydrogen) atoms. The largest absolute Gasteiger partial charge is 0.465 e. The Morgan fingerprint density at radius 2 is 2.28 bits per heavy atom. The first kappa shape index (κ1) is 18.1. The predicted molar refractivity (Wildman–Crippen MR) is 92.0 cm³/mol. The van der Waals surface area contributed by atoms with Gasteiger partial charge >= 0.3 is 5.97 Å². The van der Waals surface area contributed by atoms with Gasteiger partial charge in [-0.2, -0.15) is 0 Å². The molecule has 0 aromatic heterocycles. The third-order valence-electron chi connectivity index (χ3n) is 5.17. The van der Waals surface area contributed by atoms with Gasteiger partial charge < -0.3 is 15.0 Å². The van der Waals surface area contributed by atoms with Gasteiger partial charge in [-0.05, 0) is 44.9 Å². The molecule has 1 amide bonds. The van der Waals surface area contributed by atoms with E-state index in [9.17, 15) is 14.0 Å². The van der Waals surface area contributed by atoms with Gasteiger partial charge in [-0.15, -0.1) is 0 Å². The molecule has 0 aliphatic carbocycles. The van der Waals surface area contributed by atoms with Crippen LogP contribution in [0.3, 0.4) is 0 Å². The molecule has 0 radical (unpaired) electrons. The number of piperidine rings is 2. The van der Waals surface area contributed by atoms with Gasteiger partial charge in [0.05, 0.1) is 17.2 Å². The van der Waals surface area contributed by atoms with Crippen molar-refractivity contribution in [2.24, 2.45) is 5.41 Å². The maximum atomic E-state index is 14.2. The summed E-state index contributed by atoms with van der Waals surface area (Å²) in [5.74, 6) is -1.44. The summed E-state index contributed by atoms with van der Waals surface area (Å²) >= 11 is 5.80. The molecule has 3 rings (SSSR count). The van der Waals surface area contributed by atoms with E-state index in [1.165, 1.54) is 12.1 Å². The first-order valence-corrected chi connectivity index (χ1v) is 9.01. The lowest BCUT2D eigenvalue weighted by Gasteiger charge is -2.49. The number of halogens is 2. The number of amides is 1. The smallest absolute Gasteiger partial charge is 0.315 e. The maximum Gasteiger partial charge on any atom is 0.315 e. The fourth-order valence-corrected chi connectivity index (χ4v) is 4.09. The summed E-state index contributed by atoms with van der Waals surface area (Å²) in [5.41, 5.74) is -0.828. The van der Waals surface area contributed by atoms with Gasteiger partial charge in [0.15, 0.2) is 5.82 Å². The topological polar surface area (TPSA) is 58.6 Å². The van der Waals surface area contributed by atoms with E-state index in [0.717, 1.165) is 13.0 Å². The Hall–Kier alpha value is -1.66. The Labute approximate surface area is 151 Å². The van der Waals surface area contributed by atoms with E-state index in [1.807, 2.05) is 0 Å². The van der Waals surface area contributed by atoms with Crippen molar-refractivity contribution in [2.75, 3.05) is 26.2 Å². The minimum atomic E-state index is -0.767. The molecule has 5 nitrogen and oxygen atoms in total. The molecule has 136 valence electrons. The van der Waals surface area contributed by atoms with Crippen LogP contribution in [-0.4, -0.2) is 49.1 Å². The maximum absolute atomic E-state index is 14.2. The van der Waals surface area contributed by atoms with Gasteiger partial charge in [-0.25, -0.2) is 4.39 Å². The quantitative estimate of drug-likeness (QED) is 0.833. The normalized spacial score (nSPS) is 26.0. The molecule has 0 spiro atoms. The highest BCUT2D eigenvalue weighted by Crippen LogP contribution is 2.39. The molecule has 2 unspecified atom stereocenters. The lowest BCUT2D eigenvalue weighted by molar-refractivity contribution is -0.162. The van der Waals surface area contributed by atoms with E-state index in [0.29, 0.717) is 26.0 Å². The number of rotatable bonds is 3. The van der Waals surface area contributed by atoms with Gasteiger partial charge in [-0.3, -0.25) is 9.59 Å². The molecular weight excluding hydrogens is 347 g/mol. The number of esters is 1. The minimum Gasteiger partial charge on any atom is -0.465 e. The number of carbonyl (C=O) groups is 2. The Kier molecular flexibility index (Phi) is 5.29. The van der Waals surface area contributed by atoms with Crippen LogP contribution < -0.4 is 5.32 Å². The summed E-state index contributed by atoms with van der Waals surface area (Å²) < 4.78 is 19.5. The van der Waals surface area contributed by atoms with Crippen LogP contribution in [0.5, 0.6) is 0 Å². The van der Waals surface area contributed by atoms with Crippen LogP contribution in [-0.2, 0) is 9.53 Å². The minimum absolute atomic E-state index is 0.0199. The van der Waals surface area contributed by atoms with Crippen molar-refractivity contribution in [2.45, 2.75) is 32.2 Å². The zero-order valence-corrected chi connectivity index (χ0v) is 14.9. The highest BCUT2D eigenvalue weighted by atomic mass is 35.5. The van der Waals surface area contributed by atoms with Crippen molar-refractivity contribution >= 4 is 23.5 Å². The number of hydrogen-bond donors (Lipinski definition) is 1. The summed E-state index contributed by atoms with van der Waals surface area (Å²) in [6.45, 7) is 3.61. The molecule has 1 aromatic rings. The number of ether oxygens (including phenoxy) is 1. The van der Waals surface area contributed by atoms with E-state index in [-0.39, 0.29) is 29.1 Å². The zero-order chi connectivity index (χ0) is 18.0. The van der Waals surface area contributed by atoms with Crippen LogP contribution in [0.25, 0.3) is 0 Å². The van der Waals surface area contributed by atoms with Crippen LogP contribution in [0.4, 0.5) is 4.39 Å². The van der Waals surface area contributed by atoms with Gasteiger partial charge in [0.1, 0.15) is 5.41 Å². The van der Waals surface area contributed by atoms with Crippen LogP contribution >= 0.6 is 11.6 Å². The molecule has 1 N–H and O–H groups in total. The summed E-state index contributed by atoms with van der Waals surface area (Å²) in [5, 5.41) is 3.30. The second-order valence-electron chi connectivity index (χ2n) is 6.60. The average molecular weight is 369 g/mol. The summed E-state index contributed by atoms with van der Waals surface area (Å²) in [4.78, 5) is 27.1. The Morgan fingerprint density at radius 1 is 1.48 bits per heavy atom. The number of likely N-dealkylation sites (tertiary alicyclic amines) is 1. The second-order valence-corrected chi connectivity index (χ2v) is 7.01. The van der Waals surface area contributed by atoms with Crippen LogP contribution in [0.2, 0.25) is 5.02 Å². The molecule has 2 aliphatic heterocycles. The zero-order valence-electron chi connectivity index (χ0n) is 14.2. The fraction of sp³-hybridized carbons (Fsp3) is 0.556. The number of benzene rings is 1. The predicted octanol–water partition coefficient (Wildman–Crippen LogP) is 2.63. The third kappa shape index (κ3) is 3.25. The van der Waals surface area contributed by atoms with Crippen molar-refractivity contribution in [3.63, 3.8) is 0 Å². The van der Waals surface area contributed by atoms with Crippen LogP contribution in [0.1, 0.15) is 36.5 Å². The first-order valence-electron chi connectivity index (χ1n) is 8.63. The molecule has 0 bridgehead atoms. The molecule has 2 atom stereocenters. The Morgan fingerprint density at radius 3 is 3.04 bits per heavy atom. The second kappa shape index (κ2) is 7.30. The first-order chi connectivity index (χ1) is 12.0. The average Bonchev–Trinajstić information content (AvgIpc) is 2.63. The molecule has 2 aliphatic rings. The van der Waals surface area contributed by atoms with Crippen molar-refractivity contribution < 1.29 is 18.7 Å². The lowest BCUT2D eigenvalue weighted by atomic mass is 9.70. The number of hydrogen-bond acceptors (Lipinski definition) is 4. The molecule has 2 saturated heterocycles. The number of nitrogens with one attached hydrogen (secondary N) is 1. The lowest BCUT2D eigenvalue weighted by Crippen LogP contribution is -2.64. The van der Waals surface area contributed by atoms with Gasteiger partial charge in [0.25, 0.3) is 5.91 Å². The van der Waals surface area contributed by atoms with Gasteiger partial charge in [0.2, 0.25) is 0 Å². The van der Waals surface area contributed by atoms with E-state index < -0.39 is 17.1 Å². The van der Waals surface area contributed by atoms with Crippen LogP contribution in [0, 0.1) is 11.2 Å². The van der Waals surface area contributed by atoms with Crippen molar-refractivity contribution in [1.82, 2.24) is 10.2 Å². The van der Waals surface area contributed by atoms with E-state index in [4.69, 9.17) is 16.3 Å². The van der Waals surface area contributed by atoms with Crippen molar-refractivity contribution in [1.29, 1.82) is 0 Å². The molecule has 0 saturated carbocycles. The van der Waals surface area contributed by atoms with Gasteiger partial charge in [0, 0.05) is 19.1 Å². The SMILES string of the molecule is CCOC(=O)C12CCCNC1CCN(C(=O)c1cccc(Cl)c1F)C2. The summed E-state index contributed by atoms with van der Waals surface area (Å²) in [7, 11) is 0. The Bertz CT molecular complexity index is 684. The highest BCUT2D eigenvalue weighted by molar-refractivity contribution is 6.31. The fourth-order valence-electron chi connectivity index (χ4n) is 3.92. The molecule has 7 heteroatoms. The standard InChI is InChI=1S/C18H22ClFN2O3/c1-2-25-17(24)18-8-4-9-21-14(18)7-10-22(11-18)16(23)12-5-3-6-13(19)15(12)20/h3,5-6,14,21H,2,4,7-11H2,1H3. The third-order valence-corrected chi connectivity index (χ3v) is 5.46. The number of fused-ring (bicyclic) bond motifs is 1. The van der Waals surface area contributed by atoms with Crippen LogP contribution in [0.15, 0.2) is 18.2 Å². The summed E-state index contributed by atoms with van der Waals surface area (Å²) in [6, 6.07) is 4.36. The molecule has 2 heterocycles. The highest BCUT2D eigenvalue weighted by Gasteiger charge is 2.52. The number of carbonyl (C=O) groups excluding carboxylic acids is 2. The summed E-state index contributed by atoms with van der Waals surface area (Å²) in [6.07, 6.45) is 2.13. The van der Waals surface area contributed by atoms with E-state index in [1.54, 1.807) is 17.9 Å². The van der Waals surface area contributed by atoms with E-state index in [2.05, 4.69) is 5.32 Å². The monoisotopic (exact) mass is 368 g/mol. The van der Waals surface area contributed by atoms with E-state index >= 15 is 0 Å². The van der Waals surface area contributed by atoms with Crippen molar-refractivity contribution in [3.05, 3.63) is 34.6 Å². The molecule has 1 aromatic carbocycles. The van der Waals surface area contributed by atoms with Gasteiger partial charge in [-0.1, -0.05) is 17.7 Å².